The fourth-order valence-electron chi connectivity index (χ4n) is 1.21. The second-order valence-corrected chi connectivity index (χ2v) is 4.92. The number of rotatable bonds is 9. The lowest BCUT2D eigenvalue weighted by molar-refractivity contribution is 0.0527. The van der Waals surface area contributed by atoms with Gasteiger partial charge >= 0.3 is 6.09 Å². The molecule has 5 heteroatoms. The Hall–Kier alpha value is -1.23. The standard InChI is InChI=1S/C13H26N2O3/c1-5-17-11-7-9-14-8-6-10-15-12(16)18-13(2,3)4/h5,14H,1,6-11H2,2-4H3,(H,15,16). The molecule has 0 spiro atoms. The van der Waals surface area contributed by atoms with Crippen LogP contribution in [0.5, 0.6) is 0 Å². The Morgan fingerprint density at radius 2 is 1.89 bits per heavy atom. The van der Waals surface area contributed by atoms with Crippen LogP contribution in [0, 0.1) is 0 Å². The third kappa shape index (κ3) is 12.8. The molecule has 1 amide bonds. The van der Waals surface area contributed by atoms with E-state index in [-0.39, 0.29) is 6.09 Å². The van der Waals surface area contributed by atoms with Gasteiger partial charge in [0.2, 0.25) is 0 Å². The summed E-state index contributed by atoms with van der Waals surface area (Å²) in [5, 5.41) is 5.97. The van der Waals surface area contributed by atoms with Crippen molar-refractivity contribution >= 4 is 6.09 Å². The van der Waals surface area contributed by atoms with E-state index < -0.39 is 5.60 Å². The molecule has 2 N–H and O–H groups in total. The molecule has 0 saturated carbocycles. The number of ether oxygens (including phenoxy) is 2. The molecular weight excluding hydrogens is 232 g/mol. The van der Waals surface area contributed by atoms with Crippen molar-refractivity contribution in [2.45, 2.75) is 39.2 Å². The largest absolute Gasteiger partial charge is 0.502 e. The normalized spacial score (nSPS) is 10.8. The summed E-state index contributed by atoms with van der Waals surface area (Å²) in [7, 11) is 0. The van der Waals surface area contributed by atoms with E-state index in [0.29, 0.717) is 13.2 Å². The predicted octanol–water partition coefficient (Wildman–Crippen LogP) is 2.04. The van der Waals surface area contributed by atoms with Crippen LogP contribution in [0.2, 0.25) is 0 Å². The van der Waals surface area contributed by atoms with Gasteiger partial charge in [0, 0.05) is 6.54 Å². The number of nitrogens with one attached hydrogen (secondary N) is 2. The molecule has 0 aromatic rings. The fraction of sp³-hybridized carbons (Fsp3) is 0.769. The molecule has 0 aliphatic carbocycles. The van der Waals surface area contributed by atoms with E-state index in [1.807, 2.05) is 20.8 Å². The van der Waals surface area contributed by atoms with Crippen LogP contribution in [0.25, 0.3) is 0 Å². The highest BCUT2D eigenvalue weighted by Crippen LogP contribution is 2.06. The second-order valence-electron chi connectivity index (χ2n) is 4.92. The van der Waals surface area contributed by atoms with E-state index in [1.54, 1.807) is 0 Å². The van der Waals surface area contributed by atoms with Gasteiger partial charge in [-0.1, -0.05) is 6.58 Å². The minimum atomic E-state index is -0.437. The van der Waals surface area contributed by atoms with Gasteiger partial charge < -0.3 is 20.1 Å². The zero-order chi connectivity index (χ0) is 13.9. The highest BCUT2D eigenvalue weighted by Gasteiger charge is 2.15. The molecule has 0 bridgehead atoms. The summed E-state index contributed by atoms with van der Waals surface area (Å²) in [4.78, 5) is 11.3. The molecule has 0 unspecified atom stereocenters. The fourth-order valence-corrected chi connectivity index (χ4v) is 1.21. The number of hydrogen-bond acceptors (Lipinski definition) is 4. The van der Waals surface area contributed by atoms with Gasteiger partial charge in [0.1, 0.15) is 5.60 Å². The molecule has 0 saturated heterocycles. The van der Waals surface area contributed by atoms with Crippen molar-refractivity contribution in [3.05, 3.63) is 12.8 Å². The van der Waals surface area contributed by atoms with Gasteiger partial charge in [-0.25, -0.2) is 4.79 Å². The first-order chi connectivity index (χ1) is 8.45. The van der Waals surface area contributed by atoms with Crippen molar-refractivity contribution < 1.29 is 14.3 Å². The van der Waals surface area contributed by atoms with Crippen LogP contribution in [0.15, 0.2) is 12.8 Å². The first kappa shape index (κ1) is 16.8. The van der Waals surface area contributed by atoms with Crippen molar-refractivity contribution in [2.75, 3.05) is 26.2 Å². The Kier molecular flexibility index (Phi) is 9.10. The number of hydrogen-bond donors (Lipinski definition) is 2. The average Bonchev–Trinajstić information content (AvgIpc) is 2.24. The molecule has 106 valence electrons. The SMILES string of the molecule is C=COCCCNCCCNC(=O)OC(C)(C)C. The third-order valence-corrected chi connectivity index (χ3v) is 1.93. The Balaban J connectivity index is 3.25. The van der Waals surface area contributed by atoms with Crippen LogP contribution in [-0.2, 0) is 9.47 Å². The molecule has 0 heterocycles. The van der Waals surface area contributed by atoms with E-state index in [4.69, 9.17) is 9.47 Å². The van der Waals surface area contributed by atoms with Crippen LogP contribution in [0.4, 0.5) is 4.79 Å². The van der Waals surface area contributed by atoms with Gasteiger partial charge in [0.05, 0.1) is 12.9 Å². The summed E-state index contributed by atoms with van der Waals surface area (Å²) in [6, 6.07) is 0. The van der Waals surface area contributed by atoms with Crippen molar-refractivity contribution in [3.63, 3.8) is 0 Å². The quantitative estimate of drug-likeness (QED) is 0.491. The van der Waals surface area contributed by atoms with Crippen LogP contribution in [0.1, 0.15) is 33.6 Å². The minimum absolute atomic E-state index is 0.359. The van der Waals surface area contributed by atoms with Crippen LogP contribution in [0.3, 0.4) is 0 Å². The minimum Gasteiger partial charge on any atom is -0.502 e. The van der Waals surface area contributed by atoms with Crippen LogP contribution in [-0.4, -0.2) is 37.9 Å². The third-order valence-electron chi connectivity index (χ3n) is 1.93. The lowest BCUT2D eigenvalue weighted by atomic mass is 10.2. The van der Waals surface area contributed by atoms with Gasteiger partial charge in [-0.15, -0.1) is 0 Å². The van der Waals surface area contributed by atoms with Crippen molar-refractivity contribution in [1.82, 2.24) is 10.6 Å². The predicted molar refractivity (Wildman–Crippen MR) is 72.5 cm³/mol. The summed E-state index contributed by atoms with van der Waals surface area (Å²) >= 11 is 0. The van der Waals surface area contributed by atoms with Gasteiger partial charge in [0.15, 0.2) is 0 Å². The number of carbonyl (C=O) groups is 1. The van der Waals surface area contributed by atoms with Gasteiger partial charge in [-0.2, -0.15) is 0 Å². The van der Waals surface area contributed by atoms with Crippen LogP contribution < -0.4 is 10.6 Å². The Labute approximate surface area is 110 Å². The lowest BCUT2D eigenvalue weighted by Gasteiger charge is -2.19. The van der Waals surface area contributed by atoms with E-state index in [9.17, 15) is 4.79 Å². The molecule has 5 nitrogen and oxygen atoms in total. The molecule has 18 heavy (non-hydrogen) atoms. The van der Waals surface area contributed by atoms with Crippen LogP contribution >= 0.6 is 0 Å². The van der Waals surface area contributed by atoms with Gasteiger partial charge in [-0.3, -0.25) is 0 Å². The summed E-state index contributed by atoms with van der Waals surface area (Å²) in [6.45, 7) is 12.1. The number of carbonyl (C=O) groups excluding carboxylic acids is 1. The smallest absolute Gasteiger partial charge is 0.407 e. The Morgan fingerprint density at radius 1 is 1.22 bits per heavy atom. The van der Waals surface area contributed by atoms with Crippen molar-refractivity contribution in [1.29, 1.82) is 0 Å². The summed E-state index contributed by atoms with van der Waals surface area (Å²) in [5.74, 6) is 0. The number of alkyl carbamates (subject to hydrolysis) is 1. The number of amides is 1. The summed E-state index contributed by atoms with van der Waals surface area (Å²) in [5.41, 5.74) is -0.437. The van der Waals surface area contributed by atoms with Crippen molar-refractivity contribution in [2.24, 2.45) is 0 Å². The van der Waals surface area contributed by atoms with Gasteiger partial charge in [0.25, 0.3) is 0 Å². The van der Waals surface area contributed by atoms with E-state index in [2.05, 4.69) is 17.2 Å². The molecule has 0 aliphatic heterocycles. The maximum Gasteiger partial charge on any atom is 0.407 e. The van der Waals surface area contributed by atoms with Gasteiger partial charge in [-0.05, 0) is 46.7 Å². The molecule has 0 atom stereocenters. The molecule has 0 fully saturated rings. The van der Waals surface area contributed by atoms with E-state index >= 15 is 0 Å². The maximum atomic E-state index is 11.3. The monoisotopic (exact) mass is 258 g/mol. The second kappa shape index (κ2) is 9.76. The topological polar surface area (TPSA) is 59.6 Å². The first-order valence-electron chi connectivity index (χ1n) is 6.36. The molecular formula is C13H26N2O3. The molecule has 0 aromatic carbocycles. The molecule has 0 radical (unpaired) electrons. The van der Waals surface area contributed by atoms with E-state index in [0.717, 1.165) is 25.9 Å². The molecule has 0 aromatic heterocycles. The zero-order valence-electron chi connectivity index (χ0n) is 11.8. The molecule has 0 rings (SSSR count). The highest BCUT2D eigenvalue weighted by atomic mass is 16.6. The van der Waals surface area contributed by atoms with E-state index in [1.165, 1.54) is 6.26 Å². The first-order valence-corrected chi connectivity index (χ1v) is 6.36. The Morgan fingerprint density at radius 3 is 2.50 bits per heavy atom. The average molecular weight is 258 g/mol. The summed E-state index contributed by atoms with van der Waals surface area (Å²) < 4.78 is 10.1. The highest BCUT2D eigenvalue weighted by molar-refractivity contribution is 5.67. The lowest BCUT2D eigenvalue weighted by Crippen LogP contribution is -2.34. The summed E-state index contributed by atoms with van der Waals surface area (Å²) in [6.07, 6.45) is 2.92. The maximum absolute atomic E-state index is 11.3. The molecule has 0 aliphatic rings. The Bertz CT molecular complexity index is 237. The zero-order valence-corrected chi connectivity index (χ0v) is 11.8. The van der Waals surface area contributed by atoms with Crippen molar-refractivity contribution in [3.8, 4) is 0 Å².